The second-order valence-corrected chi connectivity index (χ2v) is 5.15. The van der Waals surface area contributed by atoms with Crippen molar-refractivity contribution < 1.29 is 9.53 Å². The first-order chi connectivity index (χ1) is 6.98. The van der Waals surface area contributed by atoms with Crippen LogP contribution in [0.1, 0.15) is 66.2 Å². The molecule has 0 rings (SSSR count). The minimum absolute atomic E-state index is 0.0870. The SMILES string of the molecule is CCCCCCCCOC(=O)C(C)(C)C. The molecule has 0 aliphatic carbocycles. The lowest BCUT2D eigenvalue weighted by atomic mass is 9.97. The van der Waals surface area contributed by atoms with Crippen molar-refractivity contribution in [3.63, 3.8) is 0 Å². The van der Waals surface area contributed by atoms with Crippen LogP contribution < -0.4 is 0 Å². The number of carbonyl (C=O) groups is 1. The molecule has 90 valence electrons. The molecular weight excluding hydrogens is 188 g/mol. The van der Waals surface area contributed by atoms with E-state index in [0.717, 1.165) is 6.42 Å². The zero-order valence-corrected chi connectivity index (χ0v) is 10.8. The van der Waals surface area contributed by atoms with Crippen molar-refractivity contribution in [3.05, 3.63) is 0 Å². The van der Waals surface area contributed by atoms with E-state index in [1.807, 2.05) is 20.8 Å². The van der Waals surface area contributed by atoms with Crippen molar-refractivity contribution >= 4 is 5.97 Å². The molecule has 0 aromatic carbocycles. The highest BCUT2D eigenvalue weighted by molar-refractivity contribution is 5.75. The third-order valence-electron chi connectivity index (χ3n) is 2.34. The first kappa shape index (κ1) is 14.5. The fourth-order valence-corrected chi connectivity index (χ4v) is 1.26. The molecule has 0 aliphatic rings. The Hall–Kier alpha value is -0.530. The third-order valence-corrected chi connectivity index (χ3v) is 2.34. The topological polar surface area (TPSA) is 26.3 Å². The van der Waals surface area contributed by atoms with Crippen LogP contribution in [0, 0.1) is 5.41 Å². The summed E-state index contributed by atoms with van der Waals surface area (Å²) in [5, 5.41) is 0. The first-order valence-corrected chi connectivity index (χ1v) is 6.15. The Bertz CT molecular complexity index is 168. The molecule has 2 nitrogen and oxygen atoms in total. The highest BCUT2D eigenvalue weighted by Crippen LogP contribution is 2.15. The lowest BCUT2D eigenvalue weighted by Gasteiger charge is -2.16. The predicted molar refractivity (Wildman–Crippen MR) is 63.8 cm³/mol. The van der Waals surface area contributed by atoms with Gasteiger partial charge in [0.2, 0.25) is 0 Å². The Morgan fingerprint density at radius 3 is 2.07 bits per heavy atom. The summed E-state index contributed by atoms with van der Waals surface area (Å²) in [7, 11) is 0. The van der Waals surface area contributed by atoms with Crippen LogP contribution in [0.3, 0.4) is 0 Å². The molecule has 0 N–H and O–H groups in total. The number of carbonyl (C=O) groups excluding carboxylic acids is 1. The second-order valence-electron chi connectivity index (χ2n) is 5.15. The molecule has 2 heteroatoms. The highest BCUT2D eigenvalue weighted by atomic mass is 16.5. The van der Waals surface area contributed by atoms with Gasteiger partial charge < -0.3 is 4.74 Å². The van der Waals surface area contributed by atoms with Crippen molar-refractivity contribution in [2.24, 2.45) is 5.41 Å². The molecule has 0 spiro atoms. The number of unbranched alkanes of at least 4 members (excludes halogenated alkanes) is 5. The van der Waals surface area contributed by atoms with Crippen LogP contribution in [0.2, 0.25) is 0 Å². The lowest BCUT2D eigenvalue weighted by Crippen LogP contribution is -2.23. The minimum Gasteiger partial charge on any atom is -0.465 e. The monoisotopic (exact) mass is 214 g/mol. The van der Waals surface area contributed by atoms with E-state index in [1.54, 1.807) is 0 Å². The first-order valence-electron chi connectivity index (χ1n) is 6.15. The maximum absolute atomic E-state index is 11.4. The average molecular weight is 214 g/mol. The Kier molecular flexibility index (Phi) is 7.45. The van der Waals surface area contributed by atoms with Crippen LogP contribution >= 0.6 is 0 Å². The molecule has 0 aliphatic heterocycles. The van der Waals surface area contributed by atoms with Gasteiger partial charge in [-0.25, -0.2) is 0 Å². The van der Waals surface area contributed by atoms with Gasteiger partial charge in [0.05, 0.1) is 12.0 Å². The third kappa shape index (κ3) is 8.46. The molecule has 0 bridgehead atoms. The van der Waals surface area contributed by atoms with Crippen LogP contribution in [0.15, 0.2) is 0 Å². The van der Waals surface area contributed by atoms with Gasteiger partial charge in [-0.1, -0.05) is 39.0 Å². The van der Waals surface area contributed by atoms with Gasteiger partial charge in [0.1, 0.15) is 0 Å². The van der Waals surface area contributed by atoms with Crippen LogP contribution in [-0.2, 0) is 9.53 Å². The van der Waals surface area contributed by atoms with Gasteiger partial charge in [0.15, 0.2) is 0 Å². The Balaban J connectivity index is 3.28. The molecule has 0 aromatic heterocycles. The second kappa shape index (κ2) is 7.72. The van der Waals surface area contributed by atoms with Crippen molar-refractivity contribution in [1.82, 2.24) is 0 Å². The van der Waals surface area contributed by atoms with Crippen LogP contribution in [0.4, 0.5) is 0 Å². The summed E-state index contributed by atoms with van der Waals surface area (Å²) >= 11 is 0. The molecule has 0 aromatic rings. The van der Waals surface area contributed by atoms with Crippen LogP contribution in [0.5, 0.6) is 0 Å². The van der Waals surface area contributed by atoms with Gasteiger partial charge in [0.25, 0.3) is 0 Å². The zero-order chi connectivity index (χ0) is 11.7. The van der Waals surface area contributed by atoms with E-state index < -0.39 is 0 Å². The molecular formula is C13H26O2. The van der Waals surface area contributed by atoms with E-state index in [2.05, 4.69) is 6.92 Å². The van der Waals surface area contributed by atoms with Gasteiger partial charge in [0, 0.05) is 0 Å². The molecule has 0 atom stereocenters. The summed E-state index contributed by atoms with van der Waals surface area (Å²) in [6, 6.07) is 0. The highest BCUT2D eigenvalue weighted by Gasteiger charge is 2.22. The van der Waals surface area contributed by atoms with E-state index >= 15 is 0 Å². The summed E-state index contributed by atoms with van der Waals surface area (Å²) in [5.74, 6) is -0.0870. The van der Waals surface area contributed by atoms with Crippen LogP contribution in [0.25, 0.3) is 0 Å². The molecule has 0 fully saturated rings. The lowest BCUT2D eigenvalue weighted by molar-refractivity contribution is -0.153. The molecule has 0 radical (unpaired) electrons. The Morgan fingerprint density at radius 1 is 1.00 bits per heavy atom. The maximum Gasteiger partial charge on any atom is 0.311 e. The van der Waals surface area contributed by atoms with Crippen molar-refractivity contribution in [2.75, 3.05) is 6.61 Å². The van der Waals surface area contributed by atoms with E-state index in [-0.39, 0.29) is 11.4 Å². The number of esters is 1. The summed E-state index contributed by atoms with van der Waals surface area (Å²) < 4.78 is 5.17. The van der Waals surface area contributed by atoms with Gasteiger partial charge in [-0.05, 0) is 27.2 Å². The fraction of sp³-hybridized carbons (Fsp3) is 0.923. The van der Waals surface area contributed by atoms with Gasteiger partial charge >= 0.3 is 5.97 Å². The average Bonchev–Trinajstić information content (AvgIpc) is 2.14. The van der Waals surface area contributed by atoms with Crippen molar-refractivity contribution in [1.29, 1.82) is 0 Å². The Labute approximate surface area is 94.4 Å². The zero-order valence-electron chi connectivity index (χ0n) is 10.8. The fourth-order valence-electron chi connectivity index (χ4n) is 1.26. The van der Waals surface area contributed by atoms with E-state index in [0.29, 0.717) is 6.61 Å². The van der Waals surface area contributed by atoms with Crippen LogP contribution in [-0.4, -0.2) is 12.6 Å². The normalized spacial score (nSPS) is 11.5. The summed E-state index contributed by atoms with van der Waals surface area (Å²) in [6.07, 6.45) is 7.36. The van der Waals surface area contributed by atoms with E-state index in [9.17, 15) is 4.79 Å². The molecule has 0 heterocycles. The number of rotatable bonds is 7. The molecule has 15 heavy (non-hydrogen) atoms. The smallest absolute Gasteiger partial charge is 0.311 e. The number of hydrogen-bond donors (Lipinski definition) is 0. The summed E-state index contributed by atoms with van der Waals surface area (Å²) in [5.41, 5.74) is -0.359. The quantitative estimate of drug-likeness (QED) is 0.474. The maximum atomic E-state index is 11.4. The molecule has 0 amide bonds. The van der Waals surface area contributed by atoms with Gasteiger partial charge in [-0.3, -0.25) is 4.79 Å². The Morgan fingerprint density at radius 2 is 1.53 bits per heavy atom. The summed E-state index contributed by atoms with van der Waals surface area (Å²) in [6.45, 7) is 8.46. The van der Waals surface area contributed by atoms with Gasteiger partial charge in [-0.2, -0.15) is 0 Å². The predicted octanol–water partition coefficient (Wildman–Crippen LogP) is 3.94. The standard InChI is InChI=1S/C13H26O2/c1-5-6-7-8-9-10-11-15-12(14)13(2,3)4/h5-11H2,1-4H3. The molecule has 0 saturated heterocycles. The van der Waals surface area contributed by atoms with Gasteiger partial charge in [-0.15, -0.1) is 0 Å². The largest absolute Gasteiger partial charge is 0.465 e. The van der Waals surface area contributed by atoms with E-state index in [1.165, 1.54) is 32.1 Å². The minimum atomic E-state index is -0.359. The van der Waals surface area contributed by atoms with Crippen molar-refractivity contribution in [2.45, 2.75) is 66.2 Å². The molecule has 0 saturated carbocycles. The number of hydrogen-bond acceptors (Lipinski definition) is 2. The van der Waals surface area contributed by atoms with E-state index in [4.69, 9.17) is 4.74 Å². The number of ether oxygens (including phenoxy) is 1. The van der Waals surface area contributed by atoms with Crippen molar-refractivity contribution in [3.8, 4) is 0 Å². The molecule has 0 unspecified atom stereocenters. The summed E-state index contributed by atoms with van der Waals surface area (Å²) in [4.78, 5) is 11.4.